The van der Waals surface area contributed by atoms with E-state index in [9.17, 15) is 4.79 Å². The number of urea groups is 1. The summed E-state index contributed by atoms with van der Waals surface area (Å²) in [5.41, 5.74) is 1.28. The number of benzene rings is 1. The first-order chi connectivity index (χ1) is 14.3. The van der Waals surface area contributed by atoms with Crippen LogP contribution >= 0.6 is 11.3 Å². The van der Waals surface area contributed by atoms with Gasteiger partial charge in [0, 0.05) is 49.8 Å². The molecule has 1 aromatic heterocycles. The summed E-state index contributed by atoms with van der Waals surface area (Å²) in [5.74, 6) is 1.08. The quantitative estimate of drug-likeness (QED) is 0.727. The third-order valence-electron chi connectivity index (χ3n) is 6.07. The fourth-order valence-electron chi connectivity index (χ4n) is 4.49. The van der Waals surface area contributed by atoms with Gasteiger partial charge in [0.25, 0.3) is 0 Å². The number of carbonyl (C=O) groups excluding carboxylic acids is 1. The molecule has 0 aliphatic carbocycles. The van der Waals surface area contributed by atoms with Crippen molar-refractivity contribution < 1.29 is 4.79 Å². The summed E-state index contributed by atoms with van der Waals surface area (Å²) in [6, 6.07) is 14.9. The fourth-order valence-corrected chi connectivity index (χ4v) is 5.24. The van der Waals surface area contributed by atoms with Crippen molar-refractivity contribution in [1.29, 1.82) is 0 Å². The number of thiophene rings is 1. The van der Waals surface area contributed by atoms with Gasteiger partial charge in [0.2, 0.25) is 0 Å². The minimum atomic E-state index is -0.0152. The van der Waals surface area contributed by atoms with Crippen molar-refractivity contribution in [2.24, 2.45) is 11.8 Å². The van der Waals surface area contributed by atoms with Gasteiger partial charge in [-0.1, -0.05) is 24.3 Å². The molecule has 2 aromatic rings. The Kier molecular flexibility index (Phi) is 7.06. The number of rotatable bonds is 7. The Hall–Kier alpha value is -2.05. The minimum Gasteiger partial charge on any atom is -0.371 e. The van der Waals surface area contributed by atoms with Crippen LogP contribution in [-0.2, 0) is 6.54 Å². The summed E-state index contributed by atoms with van der Waals surface area (Å²) in [7, 11) is 0. The van der Waals surface area contributed by atoms with Crippen LogP contribution < -0.4 is 15.5 Å². The van der Waals surface area contributed by atoms with E-state index in [-0.39, 0.29) is 6.03 Å². The summed E-state index contributed by atoms with van der Waals surface area (Å²) in [4.78, 5) is 18.6. The van der Waals surface area contributed by atoms with Crippen LogP contribution in [0, 0.1) is 11.8 Å². The average Bonchev–Trinajstić information content (AvgIpc) is 3.44. The van der Waals surface area contributed by atoms with Crippen molar-refractivity contribution >= 4 is 23.1 Å². The third-order valence-corrected chi connectivity index (χ3v) is 6.93. The highest BCUT2D eigenvalue weighted by molar-refractivity contribution is 7.09. The number of anilines is 1. The molecule has 0 bridgehead atoms. The molecular weight excluding hydrogens is 380 g/mol. The van der Waals surface area contributed by atoms with Crippen LogP contribution in [0.2, 0.25) is 0 Å². The van der Waals surface area contributed by atoms with Gasteiger partial charge in [-0.3, -0.25) is 4.90 Å². The minimum absolute atomic E-state index is 0.0152. The number of para-hydroxylation sites is 1. The van der Waals surface area contributed by atoms with Crippen LogP contribution in [0.1, 0.15) is 24.1 Å². The first-order valence-corrected chi connectivity index (χ1v) is 11.7. The van der Waals surface area contributed by atoms with E-state index in [1.165, 1.54) is 30.0 Å². The molecule has 0 spiro atoms. The highest BCUT2D eigenvalue weighted by Gasteiger charge is 2.24. The van der Waals surface area contributed by atoms with E-state index in [0.29, 0.717) is 11.8 Å². The van der Waals surface area contributed by atoms with Crippen molar-refractivity contribution in [3.63, 3.8) is 0 Å². The molecule has 0 saturated carbocycles. The van der Waals surface area contributed by atoms with Gasteiger partial charge in [-0.25, -0.2) is 4.79 Å². The number of carbonyl (C=O) groups is 1. The van der Waals surface area contributed by atoms with Gasteiger partial charge in [-0.15, -0.1) is 11.3 Å². The molecule has 0 radical (unpaired) electrons. The zero-order valence-corrected chi connectivity index (χ0v) is 17.9. The van der Waals surface area contributed by atoms with E-state index in [1.54, 1.807) is 0 Å². The van der Waals surface area contributed by atoms with Gasteiger partial charge in [0.1, 0.15) is 0 Å². The zero-order valence-electron chi connectivity index (χ0n) is 17.1. The Balaban J connectivity index is 1.13. The van der Waals surface area contributed by atoms with E-state index < -0.39 is 0 Å². The van der Waals surface area contributed by atoms with Crippen molar-refractivity contribution in [3.05, 3.63) is 52.7 Å². The summed E-state index contributed by atoms with van der Waals surface area (Å²) < 4.78 is 0. The predicted molar refractivity (Wildman–Crippen MR) is 120 cm³/mol. The standard InChI is InChI=1S/C23H32N4OS/c28-23(25-15-20-10-12-27(17-20)21-7-2-1-3-8-21)24-14-19-6-4-11-26(16-19)18-22-9-5-13-29-22/h1-3,5,7-9,13,19-20H,4,6,10-12,14-18H2,(H2,24,25,28). The van der Waals surface area contributed by atoms with E-state index in [1.807, 2.05) is 11.3 Å². The van der Waals surface area contributed by atoms with Crippen molar-refractivity contribution in [3.8, 4) is 0 Å². The molecule has 4 rings (SSSR count). The molecule has 2 fully saturated rings. The lowest BCUT2D eigenvalue weighted by Gasteiger charge is -2.32. The monoisotopic (exact) mass is 412 g/mol. The van der Waals surface area contributed by atoms with Gasteiger partial charge >= 0.3 is 6.03 Å². The molecule has 2 aliphatic rings. The van der Waals surface area contributed by atoms with Crippen molar-refractivity contribution in [1.82, 2.24) is 15.5 Å². The van der Waals surface area contributed by atoms with Crippen LogP contribution in [-0.4, -0.2) is 50.2 Å². The Morgan fingerprint density at radius 1 is 0.966 bits per heavy atom. The third kappa shape index (κ3) is 5.97. The molecule has 5 nitrogen and oxygen atoms in total. The number of nitrogens with one attached hydrogen (secondary N) is 2. The SMILES string of the molecule is O=C(NCC1CCCN(Cc2cccs2)C1)NCC1CCN(c2ccccc2)C1. The number of piperidine rings is 1. The molecule has 2 atom stereocenters. The molecule has 2 saturated heterocycles. The predicted octanol–water partition coefficient (Wildman–Crippen LogP) is 3.79. The molecule has 3 heterocycles. The second kappa shape index (κ2) is 10.1. The number of nitrogens with zero attached hydrogens (tertiary/aromatic N) is 2. The highest BCUT2D eigenvalue weighted by atomic mass is 32.1. The Morgan fingerprint density at radius 3 is 2.52 bits per heavy atom. The number of hydrogen-bond acceptors (Lipinski definition) is 4. The molecule has 29 heavy (non-hydrogen) atoms. The number of hydrogen-bond donors (Lipinski definition) is 2. The summed E-state index contributed by atoms with van der Waals surface area (Å²) in [5, 5.41) is 8.35. The van der Waals surface area contributed by atoms with E-state index in [4.69, 9.17) is 0 Å². The molecule has 156 valence electrons. The number of likely N-dealkylation sites (tertiary alicyclic amines) is 1. The smallest absolute Gasteiger partial charge is 0.314 e. The fraction of sp³-hybridized carbons (Fsp3) is 0.522. The molecule has 1 aromatic carbocycles. The lowest BCUT2D eigenvalue weighted by molar-refractivity contribution is 0.166. The van der Waals surface area contributed by atoms with Crippen LogP contribution in [0.3, 0.4) is 0 Å². The lowest BCUT2D eigenvalue weighted by Crippen LogP contribution is -2.44. The zero-order chi connectivity index (χ0) is 19.9. The summed E-state index contributed by atoms with van der Waals surface area (Å²) in [6.45, 7) is 6.90. The molecule has 6 heteroatoms. The van der Waals surface area contributed by atoms with Gasteiger partial charge in [0.05, 0.1) is 0 Å². The molecule has 2 amide bonds. The maximum absolute atomic E-state index is 12.3. The lowest BCUT2D eigenvalue weighted by atomic mass is 9.98. The van der Waals surface area contributed by atoms with Crippen LogP contribution in [0.15, 0.2) is 47.8 Å². The summed E-state index contributed by atoms with van der Waals surface area (Å²) >= 11 is 1.83. The van der Waals surface area contributed by atoms with Crippen LogP contribution in [0.5, 0.6) is 0 Å². The Bertz CT molecular complexity index is 752. The van der Waals surface area contributed by atoms with Gasteiger partial charge in [-0.05, 0) is 61.2 Å². The first-order valence-electron chi connectivity index (χ1n) is 10.8. The Morgan fingerprint density at radius 2 is 1.76 bits per heavy atom. The first kappa shape index (κ1) is 20.2. The van der Waals surface area contributed by atoms with Gasteiger partial charge in [-0.2, -0.15) is 0 Å². The molecule has 2 aliphatic heterocycles. The van der Waals surface area contributed by atoms with Crippen LogP contribution in [0.4, 0.5) is 10.5 Å². The van der Waals surface area contributed by atoms with Crippen molar-refractivity contribution in [2.45, 2.75) is 25.8 Å². The van der Waals surface area contributed by atoms with Crippen LogP contribution in [0.25, 0.3) is 0 Å². The second-order valence-corrected chi connectivity index (χ2v) is 9.38. The highest BCUT2D eigenvalue weighted by Crippen LogP contribution is 2.23. The van der Waals surface area contributed by atoms with Crippen molar-refractivity contribution in [2.75, 3.05) is 44.2 Å². The second-order valence-electron chi connectivity index (χ2n) is 8.35. The molecule has 2 N–H and O–H groups in total. The number of amides is 2. The van der Waals surface area contributed by atoms with Gasteiger partial charge < -0.3 is 15.5 Å². The Labute approximate surface area is 178 Å². The maximum Gasteiger partial charge on any atom is 0.314 e. The normalized spacial score (nSPS) is 22.6. The maximum atomic E-state index is 12.3. The molecular formula is C23H32N4OS. The summed E-state index contributed by atoms with van der Waals surface area (Å²) in [6.07, 6.45) is 3.56. The van der Waals surface area contributed by atoms with E-state index >= 15 is 0 Å². The topological polar surface area (TPSA) is 47.6 Å². The van der Waals surface area contributed by atoms with E-state index in [0.717, 1.165) is 45.7 Å². The van der Waals surface area contributed by atoms with E-state index in [2.05, 4.69) is 68.3 Å². The van der Waals surface area contributed by atoms with Gasteiger partial charge in [0.15, 0.2) is 0 Å². The largest absolute Gasteiger partial charge is 0.371 e. The molecule has 2 unspecified atom stereocenters. The average molecular weight is 413 g/mol.